The molecule has 0 atom stereocenters. The Morgan fingerprint density at radius 1 is 0.551 bits per heavy atom. The first-order valence-electron chi connectivity index (χ1n) is 15.6. The Labute approximate surface area is 282 Å². The first kappa shape index (κ1) is 32.8. The molecular formula is C40H32O9. The summed E-state index contributed by atoms with van der Waals surface area (Å²) < 4.78 is 21.3. The molecule has 0 aliphatic heterocycles. The van der Waals surface area contributed by atoms with E-state index in [-0.39, 0.29) is 31.8 Å². The summed E-state index contributed by atoms with van der Waals surface area (Å²) in [7, 11) is 2.56. The zero-order chi connectivity index (χ0) is 34.5. The average Bonchev–Trinajstić information content (AvgIpc) is 3.66. The van der Waals surface area contributed by atoms with Gasteiger partial charge < -0.3 is 18.9 Å². The molecule has 4 aromatic carbocycles. The molecule has 1 saturated carbocycles. The van der Waals surface area contributed by atoms with Gasteiger partial charge in [-0.05, 0) is 57.7 Å². The van der Waals surface area contributed by atoms with Crippen molar-refractivity contribution in [2.45, 2.75) is 26.1 Å². The zero-order valence-electron chi connectivity index (χ0n) is 26.9. The zero-order valence-corrected chi connectivity index (χ0v) is 26.9. The van der Waals surface area contributed by atoms with Gasteiger partial charge in [0.05, 0.1) is 25.3 Å². The standard InChI is InChI=1S/C40H32O9/c1-46-36(42)29-17-13-27(14-18-29)33-31-21-40(38(44)48-23-25-9-5-3-6-10-25,39(45)49-24-26-11-7-4-8-12-26)22-32(31)34(35(33)41)28-15-19-30(20-16-28)37(43)47-2/h3-20H,21-24H2,1-2H3. The van der Waals surface area contributed by atoms with E-state index in [9.17, 15) is 24.0 Å². The first-order valence-corrected chi connectivity index (χ1v) is 15.6. The van der Waals surface area contributed by atoms with Crippen LogP contribution in [0, 0.1) is 5.41 Å². The summed E-state index contributed by atoms with van der Waals surface area (Å²) in [5, 5.41) is 0. The second kappa shape index (κ2) is 13.9. The van der Waals surface area contributed by atoms with Crippen molar-refractivity contribution >= 4 is 40.8 Å². The molecule has 6 rings (SSSR count). The lowest BCUT2D eigenvalue weighted by Gasteiger charge is -2.25. The Balaban J connectivity index is 1.45. The van der Waals surface area contributed by atoms with Crippen LogP contribution < -0.4 is 0 Å². The molecule has 9 nitrogen and oxygen atoms in total. The maximum Gasteiger partial charge on any atom is 0.337 e. The molecule has 0 unspecified atom stereocenters. The van der Waals surface area contributed by atoms with Crippen molar-refractivity contribution < 1.29 is 42.9 Å². The maximum atomic E-state index is 14.3. The molecule has 0 amide bonds. The molecule has 0 radical (unpaired) electrons. The number of allylic oxidation sites excluding steroid dienone is 4. The second-order valence-corrected chi connectivity index (χ2v) is 11.7. The topological polar surface area (TPSA) is 122 Å². The fraction of sp³-hybridized carbons (Fsp3) is 0.175. The van der Waals surface area contributed by atoms with Crippen LogP contribution in [-0.2, 0) is 46.5 Å². The van der Waals surface area contributed by atoms with E-state index in [0.717, 1.165) is 11.1 Å². The number of rotatable bonds is 10. The van der Waals surface area contributed by atoms with Gasteiger partial charge in [-0.2, -0.15) is 0 Å². The van der Waals surface area contributed by atoms with Crippen molar-refractivity contribution in [1.82, 2.24) is 0 Å². The number of ketones is 1. The van der Waals surface area contributed by atoms with Gasteiger partial charge in [0.2, 0.25) is 0 Å². The number of carbonyl (C=O) groups is 5. The van der Waals surface area contributed by atoms with Gasteiger partial charge in [-0.25, -0.2) is 9.59 Å². The largest absolute Gasteiger partial charge is 0.465 e. The number of hydrogen-bond donors (Lipinski definition) is 0. The van der Waals surface area contributed by atoms with Crippen LogP contribution in [0.3, 0.4) is 0 Å². The fourth-order valence-corrected chi connectivity index (χ4v) is 6.24. The highest BCUT2D eigenvalue weighted by Crippen LogP contribution is 2.56. The number of Topliss-reactive ketones (excluding diaryl/α,β-unsaturated/α-hetero) is 1. The Bertz CT molecular complexity index is 1840. The molecule has 1 fully saturated rings. The quantitative estimate of drug-likeness (QED) is 0.110. The lowest BCUT2D eigenvalue weighted by molar-refractivity contribution is -0.173. The molecule has 0 N–H and O–H groups in total. The van der Waals surface area contributed by atoms with Crippen LogP contribution >= 0.6 is 0 Å². The number of methoxy groups -OCH3 is 2. The maximum absolute atomic E-state index is 14.3. The molecule has 0 spiro atoms. The van der Waals surface area contributed by atoms with E-state index in [2.05, 4.69) is 0 Å². The van der Waals surface area contributed by atoms with Crippen molar-refractivity contribution in [3.63, 3.8) is 0 Å². The van der Waals surface area contributed by atoms with Crippen LogP contribution in [0.2, 0.25) is 0 Å². The SMILES string of the molecule is COC(=O)c1ccc(C2=C3CC(C(=O)OCc4ccccc4)(C(=O)OCc4ccccc4)CC3=C(c3ccc(C(=O)OC)cc3)C2=O)cc1. The van der Waals surface area contributed by atoms with Gasteiger partial charge in [0, 0.05) is 24.0 Å². The summed E-state index contributed by atoms with van der Waals surface area (Å²) >= 11 is 0. The molecule has 0 aromatic heterocycles. The van der Waals surface area contributed by atoms with Crippen LogP contribution in [-0.4, -0.2) is 43.9 Å². The minimum atomic E-state index is -1.79. The highest BCUT2D eigenvalue weighted by atomic mass is 16.6. The predicted molar refractivity (Wildman–Crippen MR) is 179 cm³/mol. The normalized spacial score (nSPS) is 14.7. The van der Waals surface area contributed by atoms with Gasteiger partial charge in [-0.1, -0.05) is 84.9 Å². The molecule has 2 aliphatic carbocycles. The van der Waals surface area contributed by atoms with Crippen LogP contribution in [0.5, 0.6) is 0 Å². The lowest BCUT2D eigenvalue weighted by Crippen LogP contribution is -2.40. The van der Waals surface area contributed by atoms with Crippen molar-refractivity contribution in [1.29, 1.82) is 0 Å². The molecular weight excluding hydrogens is 624 g/mol. The van der Waals surface area contributed by atoms with E-state index in [0.29, 0.717) is 44.5 Å². The first-order chi connectivity index (χ1) is 23.8. The van der Waals surface area contributed by atoms with Gasteiger partial charge >= 0.3 is 23.9 Å². The Morgan fingerprint density at radius 3 is 1.27 bits per heavy atom. The highest BCUT2D eigenvalue weighted by Gasteiger charge is 2.58. The van der Waals surface area contributed by atoms with E-state index in [1.54, 1.807) is 48.5 Å². The van der Waals surface area contributed by atoms with Crippen LogP contribution in [0.25, 0.3) is 11.1 Å². The summed E-state index contributed by atoms with van der Waals surface area (Å²) in [6.45, 7) is -0.123. The van der Waals surface area contributed by atoms with Gasteiger partial charge in [0.15, 0.2) is 11.2 Å². The summed E-state index contributed by atoms with van der Waals surface area (Å²) in [6.07, 6.45) is -0.291. The molecule has 246 valence electrons. The minimum Gasteiger partial charge on any atom is -0.465 e. The predicted octanol–water partition coefficient (Wildman–Crippen LogP) is 6.32. The smallest absolute Gasteiger partial charge is 0.337 e. The molecule has 0 heterocycles. The van der Waals surface area contributed by atoms with Crippen LogP contribution in [0.15, 0.2) is 120 Å². The number of benzene rings is 4. The van der Waals surface area contributed by atoms with E-state index in [1.807, 2.05) is 60.7 Å². The van der Waals surface area contributed by atoms with Crippen molar-refractivity contribution in [3.05, 3.63) is 154 Å². The van der Waals surface area contributed by atoms with Crippen molar-refractivity contribution in [3.8, 4) is 0 Å². The third-order valence-electron chi connectivity index (χ3n) is 8.78. The fourth-order valence-electron chi connectivity index (χ4n) is 6.24. The molecule has 0 bridgehead atoms. The van der Waals surface area contributed by atoms with Gasteiger partial charge in [0.25, 0.3) is 0 Å². The van der Waals surface area contributed by atoms with Crippen molar-refractivity contribution in [2.75, 3.05) is 14.2 Å². The number of fused-ring (bicyclic) bond motifs is 1. The molecule has 9 heteroatoms. The lowest BCUT2D eigenvalue weighted by atomic mass is 9.82. The van der Waals surface area contributed by atoms with Crippen molar-refractivity contribution in [2.24, 2.45) is 5.41 Å². The van der Waals surface area contributed by atoms with E-state index < -0.39 is 29.3 Å². The van der Waals surface area contributed by atoms with E-state index in [4.69, 9.17) is 18.9 Å². The molecule has 2 aliphatic rings. The van der Waals surface area contributed by atoms with E-state index >= 15 is 0 Å². The summed E-state index contributed by atoms with van der Waals surface area (Å²) in [5.41, 5.74) is 2.90. The van der Waals surface area contributed by atoms with E-state index in [1.165, 1.54) is 14.2 Å². The summed E-state index contributed by atoms with van der Waals surface area (Å²) in [4.78, 5) is 66.9. The van der Waals surface area contributed by atoms with Crippen LogP contribution in [0.1, 0.15) is 55.8 Å². The molecule has 49 heavy (non-hydrogen) atoms. The average molecular weight is 657 g/mol. The second-order valence-electron chi connectivity index (χ2n) is 11.7. The van der Waals surface area contributed by atoms with Gasteiger partial charge in [-0.15, -0.1) is 0 Å². The Hall–Kier alpha value is -6.09. The van der Waals surface area contributed by atoms with Crippen LogP contribution in [0.4, 0.5) is 0 Å². The number of hydrogen-bond acceptors (Lipinski definition) is 9. The third-order valence-corrected chi connectivity index (χ3v) is 8.78. The van der Waals surface area contributed by atoms with Gasteiger partial charge in [-0.3, -0.25) is 14.4 Å². The third kappa shape index (κ3) is 6.43. The molecule has 0 saturated heterocycles. The minimum absolute atomic E-state index is 0.0614. The number of esters is 4. The number of carbonyl (C=O) groups excluding carboxylic acids is 5. The summed E-state index contributed by atoms with van der Waals surface area (Å²) in [5.74, 6) is -2.91. The number of ether oxygens (including phenoxy) is 4. The summed E-state index contributed by atoms with van der Waals surface area (Å²) in [6, 6.07) is 31.0. The monoisotopic (exact) mass is 656 g/mol. The van der Waals surface area contributed by atoms with Gasteiger partial charge in [0.1, 0.15) is 13.2 Å². The highest BCUT2D eigenvalue weighted by molar-refractivity contribution is 6.47. The molecule has 4 aromatic rings. The Kier molecular flexibility index (Phi) is 9.35. The Morgan fingerprint density at radius 2 is 0.918 bits per heavy atom.